The zero-order valence-corrected chi connectivity index (χ0v) is 22.9. The molecular formula is C32H46N4. The fraction of sp³-hybridized carbons (Fsp3) is 0.531. The summed E-state index contributed by atoms with van der Waals surface area (Å²) in [6.45, 7) is 12.5. The van der Waals surface area contributed by atoms with Gasteiger partial charge in [-0.15, -0.1) is 0 Å². The van der Waals surface area contributed by atoms with Gasteiger partial charge in [0.05, 0.1) is 12.0 Å². The van der Waals surface area contributed by atoms with Gasteiger partial charge in [-0.05, 0) is 77.7 Å². The van der Waals surface area contributed by atoms with Crippen LogP contribution in [0.2, 0.25) is 0 Å². The molecule has 0 saturated heterocycles. The van der Waals surface area contributed by atoms with Crippen molar-refractivity contribution < 1.29 is 0 Å². The molecule has 1 heterocycles. The molecule has 36 heavy (non-hydrogen) atoms. The zero-order valence-electron chi connectivity index (χ0n) is 22.9. The number of nitrogens with one attached hydrogen (secondary N) is 1. The van der Waals surface area contributed by atoms with Crippen LogP contribution in [-0.4, -0.2) is 24.3 Å². The molecule has 0 spiro atoms. The average Bonchev–Trinajstić information content (AvgIpc) is 3.22. The van der Waals surface area contributed by atoms with E-state index in [4.69, 9.17) is 5.73 Å². The van der Waals surface area contributed by atoms with E-state index in [1.54, 1.807) is 11.1 Å². The van der Waals surface area contributed by atoms with E-state index in [2.05, 4.69) is 85.4 Å². The lowest BCUT2D eigenvalue weighted by molar-refractivity contribution is 0.129. The molecule has 0 bridgehead atoms. The fourth-order valence-electron chi connectivity index (χ4n) is 6.31. The van der Waals surface area contributed by atoms with E-state index in [9.17, 15) is 0 Å². The summed E-state index contributed by atoms with van der Waals surface area (Å²) >= 11 is 0. The maximum atomic E-state index is 5.50. The number of hydrogen-bond donors (Lipinski definition) is 2. The van der Waals surface area contributed by atoms with Gasteiger partial charge in [-0.3, -0.25) is 4.90 Å². The number of aliphatic imine (C=N–C) groups is 1. The molecule has 4 nitrogen and oxygen atoms in total. The Morgan fingerprint density at radius 1 is 1.17 bits per heavy atom. The number of benzene rings is 2. The maximum Gasteiger partial charge on any atom is 0.0856 e. The van der Waals surface area contributed by atoms with Crippen LogP contribution >= 0.6 is 0 Å². The Bertz CT molecular complexity index is 1070. The monoisotopic (exact) mass is 486 g/mol. The molecule has 1 aliphatic heterocycles. The van der Waals surface area contributed by atoms with E-state index in [1.165, 1.54) is 35.9 Å². The Balaban J connectivity index is 1.49. The molecule has 2 atom stereocenters. The lowest BCUT2D eigenvalue weighted by Crippen LogP contribution is -2.35. The van der Waals surface area contributed by atoms with Crippen LogP contribution in [0, 0.1) is 5.41 Å². The van der Waals surface area contributed by atoms with Gasteiger partial charge in [0.25, 0.3) is 0 Å². The molecule has 2 aromatic rings. The van der Waals surface area contributed by atoms with Crippen LogP contribution in [-0.2, 0) is 19.4 Å². The van der Waals surface area contributed by atoms with Gasteiger partial charge in [0.15, 0.2) is 0 Å². The summed E-state index contributed by atoms with van der Waals surface area (Å²) in [4.78, 5) is 7.06. The predicted octanol–water partition coefficient (Wildman–Crippen LogP) is 6.86. The Labute approximate surface area is 219 Å². The molecule has 0 saturated carbocycles. The van der Waals surface area contributed by atoms with Crippen molar-refractivity contribution in [3.05, 3.63) is 82.2 Å². The van der Waals surface area contributed by atoms with Gasteiger partial charge in [0.1, 0.15) is 0 Å². The average molecular weight is 487 g/mol. The molecule has 3 N–H and O–H groups in total. The van der Waals surface area contributed by atoms with Crippen LogP contribution in [0.1, 0.15) is 99.6 Å². The van der Waals surface area contributed by atoms with Crippen molar-refractivity contribution in [1.82, 2.24) is 10.2 Å². The fourth-order valence-corrected chi connectivity index (χ4v) is 6.31. The van der Waals surface area contributed by atoms with Gasteiger partial charge in [0, 0.05) is 31.9 Å². The van der Waals surface area contributed by atoms with Crippen molar-refractivity contribution in [2.24, 2.45) is 16.1 Å². The van der Waals surface area contributed by atoms with Crippen LogP contribution in [0.4, 0.5) is 0 Å². The van der Waals surface area contributed by atoms with Gasteiger partial charge in [-0.25, -0.2) is 4.99 Å². The third-order valence-corrected chi connectivity index (χ3v) is 8.07. The minimum Gasteiger partial charge on any atom is -0.390 e. The van der Waals surface area contributed by atoms with Crippen LogP contribution in [0.5, 0.6) is 0 Å². The van der Waals surface area contributed by atoms with E-state index in [0.717, 1.165) is 57.4 Å². The number of nitrogens with two attached hydrogens (primary N) is 1. The van der Waals surface area contributed by atoms with Crippen LogP contribution in [0.3, 0.4) is 0 Å². The molecule has 1 aliphatic carbocycles. The van der Waals surface area contributed by atoms with Crippen LogP contribution in [0.15, 0.2) is 59.4 Å². The highest BCUT2D eigenvalue weighted by molar-refractivity contribution is 5.53. The van der Waals surface area contributed by atoms with Gasteiger partial charge in [-0.2, -0.15) is 0 Å². The molecule has 4 rings (SSSR count). The first kappa shape index (κ1) is 26.5. The molecule has 194 valence electrons. The summed E-state index contributed by atoms with van der Waals surface area (Å²) in [5, 5.41) is 3.49. The summed E-state index contributed by atoms with van der Waals surface area (Å²) in [5.74, 6) is 0.561. The van der Waals surface area contributed by atoms with Crippen molar-refractivity contribution in [1.29, 1.82) is 0 Å². The SMILES string of the molecule is CCCC(=C/NCCC(CC)c1ccc2c(c1)C(N1Cc3ccccc3CC(C)(C)C1)CC2)/N=C/N. The normalized spacial score (nSPS) is 20.7. The molecule has 0 radical (unpaired) electrons. The number of hydrogen-bond acceptors (Lipinski definition) is 3. The molecular weight excluding hydrogens is 440 g/mol. The van der Waals surface area contributed by atoms with E-state index < -0.39 is 0 Å². The minimum absolute atomic E-state index is 0.280. The molecule has 2 aromatic carbocycles. The van der Waals surface area contributed by atoms with E-state index in [0.29, 0.717) is 12.0 Å². The molecule has 0 aromatic heterocycles. The van der Waals surface area contributed by atoms with Crippen molar-refractivity contribution >= 4 is 6.34 Å². The van der Waals surface area contributed by atoms with Crippen molar-refractivity contribution in [2.75, 3.05) is 13.1 Å². The predicted molar refractivity (Wildman–Crippen MR) is 153 cm³/mol. The van der Waals surface area contributed by atoms with Crippen molar-refractivity contribution in [3.8, 4) is 0 Å². The lowest BCUT2D eigenvalue weighted by atomic mass is 9.85. The molecule has 0 fully saturated rings. The Kier molecular flexibility index (Phi) is 8.90. The second kappa shape index (κ2) is 12.1. The van der Waals surface area contributed by atoms with Gasteiger partial charge >= 0.3 is 0 Å². The summed E-state index contributed by atoms with van der Waals surface area (Å²) in [6.07, 6.45) is 11.3. The van der Waals surface area contributed by atoms with Crippen molar-refractivity contribution in [3.63, 3.8) is 0 Å². The highest BCUT2D eigenvalue weighted by Gasteiger charge is 2.35. The zero-order chi connectivity index (χ0) is 25.5. The highest BCUT2D eigenvalue weighted by atomic mass is 15.2. The third-order valence-electron chi connectivity index (χ3n) is 8.07. The number of allylic oxidation sites excluding steroid dienone is 1. The van der Waals surface area contributed by atoms with Gasteiger partial charge in [-0.1, -0.05) is 76.6 Å². The number of fused-ring (bicyclic) bond motifs is 2. The Hall–Kier alpha value is -2.59. The largest absolute Gasteiger partial charge is 0.390 e. The van der Waals surface area contributed by atoms with Crippen LogP contribution in [0.25, 0.3) is 0 Å². The first-order chi connectivity index (χ1) is 17.4. The molecule has 0 amide bonds. The first-order valence-corrected chi connectivity index (χ1v) is 14.0. The molecule has 4 heteroatoms. The number of nitrogens with zero attached hydrogens (tertiary/aromatic N) is 2. The number of rotatable bonds is 10. The quantitative estimate of drug-likeness (QED) is 0.219. The van der Waals surface area contributed by atoms with E-state index >= 15 is 0 Å². The van der Waals surface area contributed by atoms with Gasteiger partial charge in [0.2, 0.25) is 0 Å². The molecule has 2 unspecified atom stereocenters. The summed E-state index contributed by atoms with van der Waals surface area (Å²) < 4.78 is 0. The topological polar surface area (TPSA) is 53.6 Å². The third kappa shape index (κ3) is 6.39. The Morgan fingerprint density at radius 3 is 2.72 bits per heavy atom. The highest BCUT2D eigenvalue weighted by Crippen LogP contribution is 2.42. The van der Waals surface area contributed by atoms with E-state index in [1.807, 2.05) is 6.20 Å². The minimum atomic E-state index is 0.280. The smallest absolute Gasteiger partial charge is 0.0856 e. The standard InChI is InChI=1S/C32H46N4/c1-5-9-29(35-23-33)20-34-17-16-24(6-2)26-13-12-25-14-15-31(30(25)18-26)36-21-28-11-8-7-10-27(28)19-32(3,4)22-36/h7-8,10-13,18,20,23-24,31,34H,5-6,9,14-17,19,21-22H2,1-4H3,(H2,33,35)/b29-20-. The van der Waals surface area contributed by atoms with Gasteiger partial charge < -0.3 is 11.1 Å². The summed E-state index contributed by atoms with van der Waals surface area (Å²) in [7, 11) is 0. The Morgan fingerprint density at radius 2 is 1.97 bits per heavy atom. The lowest BCUT2D eigenvalue weighted by Gasteiger charge is -2.34. The van der Waals surface area contributed by atoms with Crippen molar-refractivity contribution in [2.45, 2.75) is 91.1 Å². The summed E-state index contributed by atoms with van der Waals surface area (Å²) in [6, 6.07) is 17.0. The van der Waals surface area contributed by atoms with E-state index in [-0.39, 0.29) is 5.41 Å². The number of aryl methyl sites for hydroxylation is 1. The second-order valence-electron chi connectivity index (χ2n) is 11.5. The molecule has 2 aliphatic rings. The maximum absolute atomic E-state index is 5.50. The van der Waals surface area contributed by atoms with Crippen LogP contribution < -0.4 is 11.1 Å². The summed E-state index contributed by atoms with van der Waals surface area (Å²) in [5.41, 5.74) is 14.5. The second-order valence-corrected chi connectivity index (χ2v) is 11.5. The first-order valence-electron chi connectivity index (χ1n) is 14.0.